The molecule has 3 nitrogen and oxygen atoms in total. The van der Waals surface area contributed by atoms with Crippen LogP contribution in [-0.2, 0) is 9.53 Å². The average Bonchev–Trinajstić information content (AvgIpc) is 2.68. The van der Waals surface area contributed by atoms with Crippen molar-refractivity contribution in [1.29, 1.82) is 0 Å². The smallest absolute Gasteiger partial charge is 0.331 e. The maximum absolute atomic E-state index is 10.8. The second-order valence-electron chi connectivity index (χ2n) is 4.88. The Hall–Kier alpha value is -0.830. The molecule has 0 aliphatic carbocycles. The third kappa shape index (κ3) is 7.16. The van der Waals surface area contributed by atoms with E-state index in [2.05, 4.69) is 0 Å². The predicted molar refractivity (Wildman–Crippen MR) is 67.6 cm³/mol. The molecule has 1 aliphatic rings. The summed E-state index contributed by atoms with van der Waals surface area (Å²) >= 11 is 0. The van der Waals surface area contributed by atoms with Gasteiger partial charge >= 0.3 is 5.97 Å². The van der Waals surface area contributed by atoms with Crippen LogP contribution in [0.15, 0.2) is 12.2 Å². The summed E-state index contributed by atoms with van der Waals surface area (Å²) in [4.78, 5) is 10.8. The molecule has 0 saturated heterocycles. The highest BCUT2D eigenvalue weighted by molar-refractivity contribution is 5.84. The highest BCUT2D eigenvalue weighted by Gasteiger charge is 2.15. The summed E-state index contributed by atoms with van der Waals surface area (Å²) in [6, 6.07) is 0. The molecule has 17 heavy (non-hydrogen) atoms. The normalized spacial score (nSPS) is 20.6. The molecule has 0 aromatic rings. The van der Waals surface area contributed by atoms with Crippen molar-refractivity contribution in [3.8, 4) is 0 Å². The van der Waals surface area contributed by atoms with Gasteiger partial charge in [0.05, 0.1) is 6.10 Å². The lowest BCUT2D eigenvalue weighted by molar-refractivity contribution is -0.138. The first kappa shape index (κ1) is 14.2. The SMILES string of the molecule is CC(O)CCCCCCCCC1C=CC(=O)O1. The first-order chi connectivity index (χ1) is 8.18. The van der Waals surface area contributed by atoms with Crippen LogP contribution in [0.25, 0.3) is 0 Å². The molecule has 2 unspecified atom stereocenters. The number of hydrogen-bond donors (Lipinski definition) is 1. The zero-order valence-corrected chi connectivity index (χ0v) is 10.7. The van der Waals surface area contributed by atoms with E-state index in [0.29, 0.717) is 0 Å². The number of aliphatic hydroxyl groups excluding tert-OH is 1. The number of hydrogen-bond acceptors (Lipinski definition) is 3. The molecule has 3 heteroatoms. The van der Waals surface area contributed by atoms with E-state index in [1.807, 2.05) is 13.0 Å². The molecule has 0 saturated carbocycles. The third-order valence-electron chi connectivity index (χ3n) is 3.08. The van der Waals surface area contributed by atoms with E-state index in [-0.39, 0.29) is 18.2 Å². The van der Waals surface area contributed by atoms with Crippen LogP contribution in [0.4, 0.5) is 0 Å². The third-order valence-corrected chi connectivity index (χ3v) is 3.08. The van der Waals surface area contributed by atoms with Crippen molar-refractivity contribution in [2.24, 2.45) is 0 Å². The first-order valence-corrected chi connectivity index (χ1v) is 6.75. The number of carbonyl (C=O) groups is 1. The van der Waals surface area contributed by atoms with Gasteiger partial charge in [-0.25, -0.2) is 4.79 Å². The highest BCUT2D eigenvalue weighted by Crippen LogP contribution is 2.15. The summed E-state index contributed by atoms with van der Waals surface area (Å²) in [5.74, 6) is -0.201. The molecule has 0 radical (unpaired) electrons. The average molecular weight is 240 g/mol. The van der Waals surface area contributed by atoms with Gasteiger partial charge in [-0.2, -0.15) is 0 Å². The van der Waals surface area contributed by atoms with E-state index in [1.165, 1.54) is 31.8 Å². The second-order valence-corrected chi connectivity index (χ2v) is 4.88. The number of ether oxygens (including phenoxy) is 1. The Balaban J connectivity index is 1.82. The van der Waals surface area contributed by atoms with Crippen LogP contribution in [0.2, 0.25) is 0 Å². The van der Waals surface area contributed by atoms with Gasteiger partial charge in [-0.3, -0.25) is 0 Å². The summed E-state index contributed by atoms with van der Waals surface area (Å²) < 4.78 is 5.05. The molecule has 1 N–H and O–H groups in total. The van der Waals surface area contributed by atoms with E-state index < -0.39 is 0 Å². The van der Waals surface area contributed by atoms with Gasteiger partial charge in [0.25, 0.3) is 0 Å². The molecule has 1 aliphatic heterocycles. The van der Waals surface area contributed by atoms with E-state index >= 15 is 0 Å². The number of cyclic esters (lactones) is 1. The Morgan fingerprint density at radius 3 is 2.47 bits per heavy atom. The van der Waals surface area contributed by atoms with Crippen LogP contribution in [0.5, 0.6) is 0 Å². The summed E-state index contributed by atoms with van der Waals surface area (Å²) in [6.07, 6.45) is 12.3. The van der Waals surface area contributed by atoms with Crippen LogP contribution in [0, 0.1) is 0 Å². The molecule has 0 amide bonds. The van der Waals surface area contributed by atoms with Crippen LogP contribution in [-0.4, -0.2) is 23.3 Å². The lowest BCUT2D eigenvalue weighted by atomic mass is 10.1. The van der Waals surface area contributed by atoms with Crippen LogP contribution in [0.3, 0.4) is 0 Å². The van der Waals surface area contributed by atoms with Gasteiger partial charge in [-0.1, -0.05) is 32.1 Å². The number of esters is 1. The fourth-order valence-corrected chi connectivity index (χ4v) is 2.06. The zero-order valence-electron chi connectivity index (χ0n) is 10.7. The van der Waals surface area contributed by atoms with Crippen LogP contribution >= 0.6 is 0 Å². The Kier molecular flexibility index (Phi) is 6.94. The molecule has 0 spiro atoms. The minimum absolute atomic E-state index is 0.0257. The summed E-state index contributed by atoms with van der Waals surface area (Å²) in [6.45, 7) is 1.84. The van der Waals surface area contributed by atoms with Gasteiger partial charge in [-0.15, -0.1) is 0 Å². The summed E-state index contributed by atoms with van der Waals surface area (Å²) in [5.41, 5.74) is 0. The fourth-order valence-electron chi connectivity index (χ4n) is 2.06. The Labute approximate surface area is 104 Å². The van der Waals surface area contributed by atoms with Gasteiger partial charge < -0.3 is 9.84 Å². The van der Waals surface area contributed by atoms with Gasteiger partial charge in [0.2, 0.25) is 0 Å². The molecular weight excluding hydrogens is 216 g/mol. The Bertz CT molecular complexity index is 246. The van der Waals surface area contributed by atoms with E-state index in [0.717, 1.165) is 25.7 Å². The van der Waals surface area contributed by atoms with E-state index in [1.54, 1.807) is 0 Å². The summed E-state index contributed by atoms with van der Waals surface area (Å²) in [7, 11) is 0. The van der Waals surface area contributed by atoms with Crippen molar-refractivity contribution in [3.63, 3.8) is 0 Å². The molecule has 2 atom stereocenters. The first-order valence-electron chi connectivity index (χ1n) is 6.75. The number of aliphatic hydroxyl groups is 1. The molecule has 1 rings (SSSR count). The Morgan fingerprint density at radius 2 is 1.88 bits per heavy atom. The van der Waals surface area contributed by atoms with Crippen LogP contribution < -0.4 is 0 Å². The second kappa shape index (κ2) is 8.29. The lowest BCUT2D eigenvalue weighted by Gasteiger charge is -2.08. The lowest BCUT2D eigenvalue weighted by Crippen LogP contribution is -2.06. The molecule has 0 aromatic carbocycles. The molecule has 1 heterocycles. The highest BCUT2D eigenvalue weighted by atomic mass is 16.5. The number of rotatable bonds is 9. The van der Waals surface area contributed by atoms with E-state index in [4.69, 9.17) is 9.84 Å². The van der Waals surface area contributed by atoms with Crippen molar-refractivity contribution in [1.82, 2.24) is 0 Å². The standard InChI is InChI=1S/C14H24O3/c1-12(15)8-6-4-2-3-5-7-9-13-10-11-14(16)17-13/h10-13,15H,2-9H2,1H3. The van der Waals surface area contributed by atoms with Crippen molar-refractivity contribution in [3.05, 3.63) is 12.2 Å². The zero-order chi connectivity index (χ0) is 12.5. The van der Waals surface area contributed by atoms with Crippen LogP contribution in [0.1, 0.15) is 58.3 Å². The minimum Gasteiger partial charge on any atom is -0.455 e. The van der Waals surface area contributed by atoms with Gasteiger partial charge in [-0.05, 0) is 32.3 Å². The topological polar surface area (TPSA) is 46.5 Å². The van der Waals surface area contributed by atoms with Crippen molar-refractivity contribution in [2.75, 3.05) is 0 Å². The Morgan fingerprint density at radius 1 is 1.24 bits per heavy atom. The quantitative estimate of drug-likeness (QED) is 0.498. The largest absolute Gasteiger partial charge is 0.455 e. The van der Waals surface area contributed by atoms with Gasteiger partial charge in [0.1, 0.15) is 6.10 Å². The monoisotopic (exact) mass is 240 g/mol. The van der Waals surface area contributed by atoms with E-state index in [9.17, 15) is 4.79 Å². The van der Waals surface area contributed by atoms with Crippen molar-refractivity contribution in [2.45, 2.75) is 70.5 Å². The van der Waals surface area contributed by atoms with Gasteiger partial charge in [0.15, 0.2) is 0 Å². The maximum Gasteiger partial charge on any atom is 0.331 e. The fraction of sp³-hybridized carbons (Fsp3) is 0.786. The maximum atomic E-state index is 10.8. The molecule has 98 valence electrons. The van der Waals surface area contributed by atoms with Gasteiger partial charge in [0, 0.05) is 6.08 Å². The predicted octanol–water partition coefficient (Wildman–Crippen LogP) is 2.97. The number of carbonyl (C=O) groups excluding carboxylic acids is 1. The molecule has 0 fully saturated rings. The molecular formula is C14H24O3. The molecule has 0 bridgehead atoms. The van der Waals surface area contributed by atoms with Crippen molar-refractivity contribution >= 4 is 5.97 Å². The minimum atomic E-state index is -0.201. The number of unbranched alkanes of at least 4 members (excludes halogenated alkanes) is 5. The van der Waals surface area contributed by atoms with Crippen molar-refractivity contribution < 1.29 is 14.6 Å². The molecule has 0 aromatic heterocycles. The summed E-state index contributed by atoms with van der Waals surface area (Å²) in [5, 5.41) is 9.09.